The highest BCUT2D eigenvalue weighted by Gasteiger charge is 1.99. The molecule has 0 bridgehead atoms. The van der Waals surface area contributed by atoms with Crippen molar-refractivity contribution in [3.05, 3.63) is 24.3 Å². The normalized spacial score (nSPS) is 15.1. The van der Waals surface area contributed by atoms with E-state index in [9.17, 15) is 9.59 Å². The van der Waals surface area contributed by atoms with Crippen LogP contribution in [-0.4, -0.2) is 36.4 Å². The zero-order valence-corrected chi connectivity index (χ0v) is 53.7. The third-order valence-electron chi connectivity index (χ3n) is 14.1. The molecule has 0 spiro atoms. The Bertz CT molecular complexity index is 749. The van der Waals surface area contributed by atoms with E-state index >= 15 is 0 Å². The summed E-state index contributed by atoms with van der Waals surface area (Å²) < 4.78 is 4.25. The third-order valence-corrected chi connectivity index (χ3v) is 14.1. The van der Waals surface area contributed by atoms with Crippen LogP contribution < -0.4 is 0 Å². The second-order valence-corrected chi connectivity index (χ2v) is 22.5. The summed E-state index contributed by atoms with van der Waals surface area (Å²) in [5.74, 6) is -1.87. The van der Waals surface area contributed by atoms with Gasteiger partial charge in [-0.3, -0.25) is 0 Å². The largest absolute Gasteiger partial charge is 0.478 e. The fourth-order valence-corrected chi connectivity index (χ4v) is 8.92. The molecule has 0 aromatic heterocycles. The van der Waals surface area contributed by atoms with Crippen molar-refractivity contribution in [1.82, 2.24) is 0 Å². The lowest BCUT2D eigenvalue weighted by atomic mass is 10.0. The van der Waals surface area contributed by atoms with Gasteiger partial charge in [0.1, 0.15) is 0 Å². The predicted molar refractivity (Wildman–Crippen MR) is 341 cm³/mol. The molecule has 75 heavy (non-hydrogen) atoms. The van der Waals surface area contributed by atoms with Gasteiger partial charge in [-0.1, -0.05) is 401 Å². The molecule has 0 aromatic rings. The van der Waals surface area contributed by atoms with Crippen LogP contribution in [0.4, 0.5) is 0 Å². The molecule has 3 aliphatic rings. The first kappa shape index (κ1) is 84.7. The number of aliphatic carboxylic acids is 2. The van der Waals surface area contributed by atoms with E-state index in [1.807, 2.05) is 0 Å². The Morgan fingerprint density at radius 2 is 0.333 bits per heavy atom. The van der Waals surface area contributed by atoms with Crippen molar-refractivity contribution in [3.8, 4) is 0 Å². The van der Waals surface area contributed by atoms with Gasteiger partial charge in [0.05, 0.1) is 0 Å². The van der Waals surface area contributed by atoms with Crippen LogP contribution in [0.3, 0.4) is 0 Å². The minimum atomic E-state index is -0.935. The summed E-state index contributed by atoms with van der Waals surface area (Å²) in [4.78, 5) is 19.2. The highest BCUT2D eigenvalue weighted by molar-refractivity contribution is 5.85. The van der Waals surface area contributed by atoms with E-state index in [0.717, 1.165) is 0 Å². The fraction of sp³-hybridized carbons (Fsp3) is 0.914. The number of ether oxygens (including phenoxy) is 1. The number of carboxylic acids is 2. The second kappa shape index (κ2) is 86.3. The van der Waals surface area contributed by atoms with Gasteiger partial charge in [0.25, 0.3) is 0 Å². The minimum Gasteiger partial charge on any atom is -0.478 e. The van der Waals surface area contributed by atoms with Crippen LogP contribution >= 0.6 is 0 Å². The second-order valence-electron chi connectivity index (χ2n) is 22.5. The lowest BCUT2D eigenvalue weighted by molar-refractivity contribution is -0.133. The van der Waals surface area contributed by atoms with E-state index in [1.165, 1.54) is 361 Å². The van der Waals surface area contributed by atoms with Crippen LogP contribution in [0.25, 0.3) is 0 Å². The van der Waals surface area contributed by atoms with Crippen LogP contribution in [0.5, 0.6) is 0 Å². The van der Waals surface area contributed by atoms with E-state index in [0.29, 0.717) is 0 Å². The molecule has 3 fully saturated rings. The quantitative estimate of drug-likeness (QED) is 0.0787. The SMILES string of the molecule is C1CCCCCCCCC1.C1CCCCCCCCC1.C1CCCCCCCCC1.C=C(C)C(=O)O.C=C(C)C(=O)O.CCCCCCCCCC.CCCCCCCCCC.CCCCCCCCCC.COC. The molecule has 0 atom stereocenters. The molecule has 2 N–H and O–H groups in total. The van der Waals surface area contributed by atoms with Gasteiger partial charge in [-0.15, -0.1) is 0 Å². The number of hydrogen-bond acceptors (Lipinski definition) is 3. The molecular weight excluding hydrogens is 921 g/mol. The molecule has 0 saturated heterocycles. The molecular formula is C70H144O5. The standard InChI is InChI=1S/3C10H20.3C10H22.2C4H6O2.C2H6O/c3*1-2-4-6-8-10-9-7-5-3-1;3*1-3-5-7-9-10-8-6-4-2;2*1-3(2)4(5)6;1-3-2/h3*1-10H2;3*3-10H2,1-2H3;2*1H2,2H3,(H,5,6);1-2H3. The summed E-state index contributed by atoms with van der Waals surface area (Å²) in [6.07, 6.45) is 79.4. The van der Waals surface area contributed by atoms with Crippen molar-refractivity contribution in [2.24, 2.45) is 0 Å². The van der Waals surface area contributed by atoms with Crippen LogP contribution in [0, 0.1) is 0 Å². The molecule has 0 radical (unpaired) electrons. The Labute approximate surface area is 475 Å². The summed E-state index contributed by atoms with van der Waals surface area (Å²) in [6.45, 7) is 22.8. The predicted octanol–water partition coefficient (Wildman–Crippen LogP) is 25.7. The highest BCUT2D eigenvalue weighted by atomic mass is 16.4. The average Bonchev–Trinajstić information content (AvgIpc) is 3.41. The van der Waals surface area contributed by atoms with Crippen LogP contribution in [0.15, 0.2) is 24.3 Å². The van der Waals surface area contributed by atoms with Crippen LogP contribution in [-0.2, 0) is 14.3 Å². The molecule has 454 valence electrons. The number of rotatable bonds is 23. The maximum atomic E-state index is 9.60. The molecule has 5 heteroatoms. The molecule has 3 rings (SSSR count). The summed E-state index contributed by atoms with van der Waals surface area (Å²) in [7, 11) is 3.25. The number of carboxylic acid groups (broad SMARTS) is 2. The van der Waals surface area contributed by atoms with Crippen molar-refractivity contribution in [2.45, 2.75) is 402 Å². The van der Waals surface area contributed by atoms with Crippen LogP contribution in [0.2, 0.25) is 0 Å². The van der Waals surface area contributed by atoms with Gasteiger partial charge in [0.2, 0.25) is 0 Å². The number of carbonyl (C=O) groups is 2. The number of unbranched alkanes of at least 4 members (excludes halogenated alkanes) is 21. The topological polar surface area (TPSA) is 83.8 Å². The fourth-order valence-electron chi connectivity index (χ4n) is 8.92. The summed E-state index contributed by atoms with van der Waals surface area (Å²) in [6, 6.07) is 0. The third kappa shape index (κ3) is 109. The Balaban J connectivity index is -0.000000181. The summed E-state index contributed by atoms with van der Waals surface area (Å²) in [5, 5.41) is 15.8. The number of methoxy groups -OCH3 is 1. The Hall–Kier alpha value is -1.62. The molecule has 0 aromatic carbocycles. The maximum Gasteiger partial charge on any atom is 0.330 e. The van der Waals surface area contributed by atoms with E-state index in [4.69, 9.17) is 10.2 Å². The Kier molecular flexibility index (Phi) is 97.4. The van der Waals surface area contributed by atoms with Crippen molar-refractivity contribution < 1.29 is 24.5 Å². The molecule has 0 aliphatic heterocycles. The number of hydrogen-bond donors (Lipinski definition) is 2. The molecule has 0 unspecified atom stereocenters. The molecule has 0 amide bonds. The van der Waals surface area contributed by atoms with Gasteiger partial charge in [0, 0.05) is 25.4 Å². The van der Waals surface area contributed by atoms with E-state index < -0.39 is 11.9 Å². The molecule has 0 heterocycles. The van der Waals surface area contributed by atoms with Crippen LogP contribution in [0.1, 0.15) is 402 Å². The first-order chi connectivity index (χ1) is 36.4. The van der Waals surface area contributed by atoms with Gasteiger partial charge >= 0.3 is 11.9 Å². The van der Waals surface area contributed by atoms with Gasteiger partial charge in [0.15, 0.2) is 0 Å². The van der Waals surface area contributed by atoms with E-state index in [-0.39, 0.29) is 11.1 Å². The zero-order chi connectivity index (χ0) is 57.2. The molecule has 5 nitrogen and oxygen atoms in total. The van der Waals surface area contributed by atoms with E-state index in [2.05, 4.69) is 59.4 Å². The van der Waals surface area contributed by atoms with E-state index in [1.54, 1.807) is 14.2 Å². The van der Waals surface area contributed by atoms with Crippen molar-refractivity contribution in [1.29, 1.82) is 0 Å². The molecule has 3 saturated carbocycles. The maximum absolute atomic E-state index is 9.60. The van der Waals surface area contributed by atoms with Gasteiger partial charge in [-0.2, -0.15) is 0 Å². The van der Waals surface area contributed by atoms with Crippen molar-refractivity contribution >= 4 is 11.9 Å². The monoisotopic (exact) mass is 1070 g/mol. The first-order valence-electron chi connectivity index (χ1n) is 33.6. The minimum absolute atomic E-state index is 0.176. The Morgan fingerprint density at radius 3 is 0.387 bits per heavy atom. The zero-order valence-electron chi connectivity index (χ0n) is 53.7. The van der Waals surface area contributed by atoms with Gasteiger partial charge in [-0.25, -0.2) is 9.59 Å². The lowest BCUT2D eigenvalue weighted by Crippen LogP contribution is -1.92. The summed E-state index contributed by atoms with van der Waals surface area (Å²) in [5.41, 5.74) is 0.352. The smallest absolute Gasteiger partial charge is 0.330 e. The average molecular weight is 1070 g/mol. The summed E-state index contributed by atoms with van der Waals surface area (Å²) >= 11 is 0. The van der Waals surface area contributed by atoms with Crippen molar-refractivity contribution in [3.63, 3.8) is 0 Å². The first-order valence-corrected chi connectivity index (χ1v) is 33.6. The van der Waals surface area contributed by atoms with Crippen molar-refractivity contribution in [2.75, 3.05) is 14.2 Å². The van der Waals surface area contributed by atoms with Gasteiger partial charge in [-0.05, 0) is 13.8 Å². The van der Waals surface area contributed by atoms with Gasteiger partial charge < -0.3 is 14.9 Å². The Morgan fingerprint density at radius 1 is 0.267 bits per heavy atom. The highest BCUT2D eigenvalue weighted by Crippen LogP contribution is 2.18. The lowest BCUT2D eigenvalue weighted by Gasteiger charge is -2.05. The molecule has 3 aliphatic carbocycles.